The molecule has 1 aromatic heterocycles. The van der Waals surface area contributed by atoms with Crippen LogP contribution in [0.5, 0.6) is 0 Å². The molecule has 3 rings (SSSR count). The molecule has 3 heterocycles. The quantitative estimate of drug-likeness (QED) is 0.915. The van der Waals surface area contributed by atoms with Crippen LogP contribution in [0.4, 0.5) is 0 Å². The molecule has 1 N–H and O–H groups in total. The van der Waals surface area contributed by atoms with Gasteiger partial charge in [0.25, 0.3) is 0 Å². The zero-order valence-electron chi connectivity index (χ0n) is 11.8. The molecule has 1 aromatic rings. The monoisotopic (exact) mass is 294 g/mol. The van der Waals surface area contributed by atoms with Gasteiger partial charge in [-0.1, -0.05) is 0 Å². The van der Waals surface area contributed by atoms with E-state index in [1.54, 1.807) is 11.3 Å². The number of piperidine rings is 1. The van der Waals surface area contributed by atoms with Crippen LogP contribution in [0.25, 0.3) is 0 Å². The number of aliphatic hydroxyl groups is 1. The Morgan fingerprint density at radius 1 is 1.45 bits per heavy atom. The molecular weight excluding hydrogens is 272 g/mol. The van der Waals surface area contributed by atoms with Crippen LogP contribution < -0.4 is 0 Å². The average Bonchev–Trinajstić information content (AvgIpc) is 2.94. The summed E-state index contributed by atoms with van der Waals surface area (Å²) in [5, 5.41) is 11.4. The van der Waals surface area contributed by atoms with E-state index in [0.717, 1.165) is 45.4 Å². The van der Waals surface area contributed by atoms with E-state index in [9.17, 15) is 9.90 Å². The molecular formula is C15H22N2O2S. The van der Waals surface area contributed by atoms with Crippen molar-refractivity contribution in [2.24, 2.45) is 5.92 Å². The van der Waals surface area contributed by atoms with E-state index in [-0.39, 0.29) is 12.5 Å². The van der Waals surface area contributed by atoms with Crippen molar-refractivity contribution < 1.29 is 9.90 Å². The van der Waals surface area contributed by atoms with Crippen molar-refractivity contribution in [3.05, 3.63) is 21.9 Å². The first-order chi connectivity index (χ1) is 9.76. The Morgan fingerprint density at radius 3 is 3.20 bits per heavy atom. The molecule has 110 valence electrons. The summed E-state index contributed by atoms with van der Waals surface area (Å²) in [7, 11) is 0. The molecule has 20 heavy (non-hydrogen) atoms. The van der Waals surface area contributed by atoms with Gasteiger partial charge in [-0.2, -0.15) is 0 Å². The third-order valence-corrected chi connectivity index (χ3v) is 5.40. The van der Waals surface area contributed by atoms with Crippen molar-refractivity contribution in [3.63, 3.8) is 0 Å². The van der Waals surface area contributed by atoms with Gasteiger partial charge in [0, 0.05) is 31.1 Å². The first kappa shape index (κ1) is 14.0. The summed E-state index contributed by atoms with van der Waals surface area (Å²) in [6.07, 6.45) is 3.17. The van der Waals surface area contributed by atoms with Crippen LogP contribution in [-0.4, -0.2) is 53.6 Å². The van der Waals surface area contributed by atoms with Crippen molar-refractivity contribution in [1.82, 2.24) is 9.80 Å². The Hall–Kier alpha value is -0.910. The Balaban J connectivity index is 1.55. The first-order valence-corrected chi connectivity index (χ1v) is 8.30. The second kappa shape index (κ2) is 6.24. The molecule has 5 heteroatoms. The maximum atomic E-state index is 12.4. The molecule has 0 saturated carbocycles. The van der Waals surface area contributed by atoms with Gasteiger partial charge >= 0.3 is 0 Å². The number of aliphatic hydroxyl groups excluding tert-OH is 1. The lowest BCUT2D eigenvalue weighted by Gasteiger charge is -2.34. The standard InChI is InChI=1S/C15H22N2O2S/c18-11-12-2-1-5-16(8-12)10-15(19)17-6-3-14-13(9-17)4-7-20-14/h4,7,12,18H,1-3,5-6,8-11H2. The van der Waals surface area contributed by atoms with Gasteiger partial charge in [-0.05, 0) is 48.7 Å². The zero-order chi connectivity index (χ0) is 13.9. The van der Waals surface area contributed by atoms with Gasteiger partial charge in [0.15, 0.2) is 0 Å². The van der Waals surface area contributed by atoms with Gasteiger partial charge in [0.2, 0.25) is 5.91 Å². The molecule has 1 saturated heterocycles. The molecule has 4 nitrogen and oxygen atoms in total. The minimum Gasteiger partial charge on any atom is -0.396 e. The number of thiophene rings is 1. The lowest BCUT2D eigenvalue weighted by atomic mass is 9.99. The van der Waals surface area contributed by atoms with Crippen LogP contribution in [0.15, 0.2) is 11.4 Å². The average molecular weight is 294 g/mol. The SMILES string of the molecule is O=C(CN1CCCC(CO)C1)N1CCc2sccc2C1. The number of hydrogen-bond acceptors (Lipinski definition) is 4. The highest BCUT2D eigenvalue weighted by Gasteiger charge is 2.25. The zero-order valence-corrected chi connectivity index (χ0v) is 12.6. The van der Waals surface area contributed by atoms with E-state index < -0.39 is 0 Å². The molecule has 1 atom stereocenters. The fourth-order valence-corrected chi connectivity index (χ4v) is 4.09. The molecule has 0 bridgehead atoms. The highest BCUT2D eigenvalue weighted by atomic mass is 32.1. The molecule has 0 spiro atoms. The lowest BCUT2D eigenvalue weighted by molar-refractivity contribution is -0.133. The van der Waals surface area contributed by atoms with Crippen molar-refractivity contribution >= 4 is 17.2 Å². The fraction of sp³-hybridized carbons (Fsp3) is 0.667. The number of fused-ring (bicyclic) bond motifs is 1. The smallest absolute Gasteiger partial charge is 0.237 e. The van der Waals surface area contributed by atoms with Gasteiger partial charge in [-0.15, -0.1) is 11.3 Å². The topological polar surface area (TPSA) is 43.8 Å². The number of nitrogens with zero attached hydrogens (tertiary/aromatic N) is 2. The van der Waals surface area contributed by atoms with E-state index in [1.165, 1.54) is 10.4 Å². The minimum absolute atomic E-state index is 0.237. The Kier molecular flexibility index (Phi) is 4.38. The van der Waals surface area contributed by atoms with E-state index in [0.29, 0.717) is 12.5 Å². The summed E-state index contributed by atoms with van der Waals surface area (Å²) < 4.78 is 0. The van der Waals surface area contributed by atoms with E-state index in [2.05, 4.69) is 16.3 Å². The van der Waals surface area contributed by atoms with Crippen molar-refractivity contribution in [1.29, 1.82) is 0 Å². The maximum absolute atomic E-state index is 12.4. The van der Waals surface area contributed by atoms with E-state index in [1.807, 2.05) is 4.90 Å². The predicted molar refractivity (Wildman–Crippen MR) is 79.7 cm³/mol. The molecule has 2 aliphatic rings. The highest BCUT2D eigenvalue weighted by molar-refractivity contribution is 7.10. The number of carbonyl (C=O) groups excluding carboxylic acids is 1. The van der Waals surface area contributed by atoms with Crippen molar-refractivity contribution in [3.8, 4) is 0 Å². The Labute approximate surface area is 124 Å². The molecule has 1 amide bonds. The van der Waals surface area contributed by atoms with Crippen molar-refractivity contribution in [2.75, 3.05) is 32.8 Å². The molecule has 2 aliphatic heterocycles. The van der Waals surface area contributed by atoms with Gasteiger partial charge in [-0.25, -0.2) is 0 Å². The number of likely N-dealkylation sites (tertiary alicyclic amines) is 1. The summed E-state index contributed by atoms with van der Waals surface area (Å²) in [6, 6.07) is 2.14. The van der Waals surface area contributed by atoms with Gasteiger partial charge in [0.05, 0.1) is 6.54 Å². The summed E-state index contributed by atoms with van der Waals surface area (Å²) >= 11 is 1.80. The molecule has 0 radical (unpaired) electrons. The van der Waals surface area contributed by atoms with Gasteiger partial charge in [0.1, 0.15) is 0 Å². The van der Waals surface area contributed by atoms with E-state index >= 15 is 0 Å². The second-order valence-electron chi connectivity index (χ2n) is 5.86. The van der Waals surface area contributed by atoms with Gasteiger partial charge < -0.3 is 10.0 Å². The molecule has 0 aliphatic carbocycles. The van der Waals surface area contributed by atoms with Crippen molar-refractivity contribution in [2.45, 2.75) is 25.8 Å². The number of hydrogen-bond donors (Lipinski definition) is 1. The minimum atomic E-state index is 0.237. The molecule has 1 fully saturated rings. The first-order valence-electron chi connectivity index (χ1n) is 7.42. The van der Waals surface area contributed by atoms with Crippen LogP contribution in [0, 0.1) is 5.92 Å². The van der Waals surface area contributed by atoms with E-state index in [4.69, 9.17) is 0 Å². The molecule has 0 aromatic carbocycles. The number of rotatable bonds is 3. The molecule has 1 unspecified atom stereocenters. The van der Waals surface area contributed by atoms with Crippen LogP contribution in [0.3, 0.4) is 0 Å². The third kappa shape index (κ3) is 3.05. The second-order valence-corrected chi connectivity index (χ2v) is 6.86. The Morgan fingerprint density at radius 2 is 2.35 bits per heavy atom. The van der Waals surface area contributed by atoms with Crippen LogP contribution >= 0.6 is 11.3 Å². The third-order valence-electron chi connectivity index (χ3n) is 4.38. The Bertz CT molecular complexity index is 474. The summed E-state index contributed by atoms with van der Waals surface area (Å²) in [5.74, 6) is 0.585. The normalized spacial score (nSPS) is 23.6. The number of amides is 1. The number of carbonyl (C=O) groups is 1. The van der Waals surface area contributed by atoms with Crippen LogP contribution in [0.1, 0.15) is 23.3 Å². The fourth-order valence-electron chi connectivity index (χ4n) is 3.20. The maximum Gasteiger partial charge on any atom is 0.237 e. The summed E-state index contributed by atoms with van der Waals surface area (Å²) in [6.45, 7) is 4.22. The lowest BCUT2D eigenvalue weighted by Crippen LogP contribution is -2.45. The van der Waals surface area contributed by atoms with Gasteiger partial charge in [-0.3, -0.25) is 9.69 Å². The summed E-state index contributed by atoms with van der Waals surface area (Å²) in [4.78, 5) is 18.0. The van der Waals surface area contributed by atoms with Crippen LogP contribution in [0.2, 0.25) is 0 Å². The summed E-state index contributed by atoms with van der Waals surface area (Å²) in [5.41, 5.74) is 1.32. The highest BCUT2D eigenvalue weighted by Crippen LogP contribution is 2.24. The largest absolute Gasteiger partial charge is 0.396 e. The predicted octanol–water partition coefficient (Wildman–Crippen LogP) is 1.34. The van der Waals surface area contributed by atoms with Crippen LogP contribution in [-0.2, 0) is 17.8 Å².